The zero-order valence-corrected chi connectivity index (χ0v) is 13.5. The number of carbonyl (C=O) groups is 1. The van der Waals surface area contributed by atoms with E-state index in [1.165, 1.54) is 0 Å². The van der Waals surface area contributed by atoms with Crippen LogP contribution in [0.5, 0.6) is 0 Å². The van der Waals surface area contributed by atoms with E-state index >= 15 is 0 Å². The second kappa shape index (κ2) is 6.83. The van der Waals surface area contributed by atoms with Gasteiger partial charge in [-0.3, -0.25) is 4.79 Å². The maximum atomic E-state index is 12.2. The van der Waals surface area contributed by atoms with Gasteiger partial charge in [0.05, 0.1) is 25.3 Å². The summed E-state index contributed by atoms with van der Waals surface area (Å²) in [6.07, 6.45) is 0.270. The second-order valence-electron chi connectivity index (χ2n) is 5.67. The lowest BCUT2D eigenvalue weighted by molar-refractivity contribution is -0.115. The molecule has 0 atom stereocenters. The second-order valence-corrected chi connectivity index (χ2v) is 5.67. The topological polar surface area (TPSA) is 67.6 Å². The molecule has 2 aromatic rings. The average Bonchev–Trinajstić information content (AvgIpc) is 2.88. The number of aryl methyl sites for hydroxylation is 2. The summed E-state index contributed by atoms with van der Waals surface area (Å²) in [5.41, 5.74) is 3.56. The Balaban J connectivity index is 1.60. The van der Waals surface area contributed by atoms with Gasteiger partial charge in [0.15, 0.2) is 0 Å². The van der Waals surface area contributed by atoms with Gasteiger partial charge in [-0.25, -0.2) is 0 Å². The minimum atomic E-state index is -0.0708. The molecule has 1 aromatic heterocycles. The van der Waals surface area contributed by atoms with Gasteiger partial charge in [-0.05, 0) is 38.1 Å². The third kappa shape index (κ3) is 3.71. The molecule has 1 aromatic carbocycles. The zero-order chi connectivity index (χ0) is 16.2. The predicted molar refractivity (Wildman–Crippen MR) is 87.8 cm³/mol. The van der Waals surface area contributed by atoms with Crippen molar-refractivity contribution in [1.82, 2.24) is 5.16 Å². The van der Waals surface area contributed by atoms with Crippen LogP contribution in [0.25, 0.3) is 0 Å². The van der Waals surface area contributed by atoms with Crippen molar-refractivity contribution in [1.29, 1.82) is 0 Å². The molecule has 1 aliphatic rings. The van der Waals surface area contributed by atoms with Crippen LogP contribution < -0.4 is 10.2 Å². The molecule has 1 N–H and O–H groups in total. The number of amides is 1. The van der Waals surface area contributed by atoms with Gasteiger partial charge < -0.3 is 19.5 Å². The smallest absolute Gasteiger partial charge is 0.228 e. The summed E-state index contributed by atoms with van der Waals surface area (Å²) in [5, 5.41) is 6.78. The monoisotopic (exact) mass is 315 g/mol. The van der Waals surface area contributed by atoms with E-state index in [0.717, 1.165) is 48.9 Å². The average molecular weight is 315 g/mol. The molecular formula is C17H21N3O3. The van der Waals surface area contributed by atoms with Crippen molar-refractivity contribution in [3.63, 3.8) is 0 Å². The lowest BCUT2D eigenvalue weighted by atomic mass is 10.1. The first-order valence-corrected chi connectivity index (χ1v) is 7.78. The van der Waals surface area contributed by atoms with Crippen molar-refractivity contribution in [2.45, 2.75) is 20.3 Å². The highest BCUT2D eigenvalue weighted by Gasteiger charge is 2.14. The van der Waals surface area contributed by atoms with Gasteiger partial charge in [0, 0.05) is 30.0 Å². The van der Waals surface area contributed by atoms with E-state index < -0.39 is 0 Å². The van der Waals surface area contributed by atoms with E-state index in [2.05, 4.69) is 15.4 Å². The molecule has 6 nitrogen and oxygen atoms in total. The van der Waals surface area contributed by atoms with Crippen LogP contribution in [0.1, 0.15) is 17.0 Å². The molecule has 1 aliphatic heterocycles. The Bertz CT molecular complexity index is 653. The highest BCUT2D eigenvalue weighted by Crippen LogP contribution is 2.20. The highest BCUT2D eigenvalue weighted by molar-refractivity contribution is 5.92. The minimum absolute atomic E-state index is 0.0708. The number of nitrogens with one attached hydrogen (secondary N) is 1. The summed E-state index contributed by atoms with van der Waals surface area (Å²) < 4.78 is 10.4. The van der Waals surface area contributed by atoms with E-state index in [1.807, 2.05) is 38.1 Å². The molecular weight excluding hydrogens is 294 g/mol. The number of hydrogen-bond acceptors (Lipinski definition) is 5. The summed E-state index contributed by atoms with van der Waals surface area (Å²) in [5.74, 6) is 0.624. The van der Waals surface area contributed by atoms with Gasteiger partial charge in [0.25, 0.3) is 0 Å². The van der Waals surface area contributed by atoms with Crippen LogP contribution >= 0.6 is 0 Å². The largest absolute Gasteiger partial charge is 0.378 e. The predicted octanol–water partition coefficient (Wildman–Crippen LogP) is 2.31. The molecule has 122 valence electrons. The summed E-state index contributed by atoms with van der Waals surface area (Å²) in [6.45, 7) is 6.98. The number of aromatic nitrogens is 1. The standard InChI is InChI=1S/C17H21N3O3/c1-12-16(13(2)23-19-12)11-17(21)18-14-3-5-15(6-4-14)20-7-9-22-10-8-20/h3-6H,7-11H2,1-2H3,(H,18,21). The van der Waals surface area contributed by atoms with Crippen molar-refractivity contribution in [2.24, 2.45) is 0 Å². The Morgan fingerprint density at radius 1 is 1.22 bits per heavy atom. The Hall–Kier alpha value is -2.34. The molecule has 3 rings (SSSR count). The number of nitrogens with zero attached hydrogens (tertiary/aromatic N) is 2. The fourth-order valence-electron chi connectivity index (χ4n) is 2.70. The van der Waals surface area contributed by atoms with Crippen LogP contribution in [-0.4, -0.2) is 37.4 Å². The number of anilines is 2. The number of morpholine rings is 1. The van der Waals surface area contributed by atoms with Crippen LogP contribution in [-0.2, 0) is 16.0 Å². The molecule has 0 spiro atoms. The molecule has 6 heteroatoms. The Kier molecular flexibility index (Phi) is 4.62. The maximum absolute atomic E-state index is 12.2. The molecule has 2 heterocycles. The summed E-state index contributed by atoms with van der Waals surface area (Å²) in [4.78, 5) is 14.4. The van der Waals surface area contributed by atoms with E-state index in [9.17, 15) is 4.79 Å². The van der Waals surface area contributed by atoms with E-state index in [0.29, 0.717) is 5.76 Å². The first-order chi connectivity index (χ1) is 11.1. The van der Waals surface area contributed by atoms with Gasteiger partial charge in [-0.15, -0.1) is 0 Å². The van der Waals surface area contributed by atoms with Crippen molar-refractivity contribution in [2.75, 3.05) is 36.5 Å². The highest BCUT2D eigenvalue weighted by atomic mass is 16.5. The number of hydrogen-bond donors (Lipinski definition) is 1. The molecule has 0 saturated carbocycles. The fourth-order valence-corrected chi connectivity index (χ4v) is 2.70. The van der Waals surface area contributed by atoms with E-state index in [1.54, 1.807) is 0 Å². The summed E-state index contributed by atoms with van der Waals surface area (Å²) >= 11 is 0. The summed E-state index contributed by atoms with van der Waals surface area (Å²) in [7, 11) is 0. The number of rotatable bonds is 4. The van der Waals surface area contributed by atoms with Crippen LogP contribution in [0.4, 0.5) is 11.4 Å². The molecule has 0 radical (unpaired) electrons. The third-order valence-corrected chi connectivity index (χ3v) is 4.05. The fraction of sp³-hybridized carbons (Fsp3) is 0.412. The van der Waals surface area contributed by atoms with Crippen molar-refractivity contribution in [3.8, 4) is 0 Å². The van der Waals surface area contributed by atoms with Crippen LogP contribution in [0.15, 0.2) is 28.8 Å². The third-order valence-electron chi connectivity index (χ3n) is 4.05. The minimum Gasteiger partial charge on any atom is -0.378 e. The van der Waals surface area contributed by atoms with Crippen LogP contribution in [0.2, 0.25) is 0 Å². The quantitative estimate of drug-likeness (QED) is 0.938. The molecule has 23 heavy (non-hydrogen) atoms. The van der Waals surface area contributed by atoms with Gasteiger partial charge in [-0.1, -0.05) is 5.16 Å². The molecule has 1 amide bonds. The maximum Gasteiger partial charge on any atom is 0.228 e. The zero-order valence-electron chi connectivity index (χ0n) is 13.5. The first-order valence-electron chi connectivity index (χ1n) is 7.78. The molecule has 1 fully saturated rings. The van der Waals surface area contributed by atoms with Gasteiger partial charge in [0.1, 0.15) is 5.76 Å². The van der Waals surface area contributed by atoms with Crippen LogP contribution in [0, 0.1) is 13.8 Å². The number of carbonyl (C=O) groups excluding carboxylic acids is 1. The Morgan fingerprint density at radius 2 is 1.91 bits per heavy atom. The number of benzene rings is 1. The van der Waals surface area contributed by atoms with Crippen molar-refractivity contribution >= 4 is 17.3 Å². The molecule has 0 unspecified atom stereocenters. The van der Waals surface area contributed by atoms with Crippen LogP contribution in [0.3, 0.4) is 0 Å². The lowest BCUT2D eigenvalue weighted by Gasteiger charge is -2.28. The summed E-state index contributed by atoms with van der Waals surface area (Å²) in [6, 6.07) is 7.90. The Morgan fingerprint density at radius 3 is 2.52 bits per heavy atom. The normalized spacial score (nSPS) is 14.8. The molecule has 0 aliphatic carbocycles. The van der Waals surface area contributed by atoms with Crippen molar-refractivity contribution < 1.29 is 14.1 Å². The van der Waals surface area contributed by atoms with Gasteiger partial charge in [-0.2, -0.15) is 0 Å². The Labute approximate surface area is 135 Å². The molecule has 1 saturated heterocycles. The first kappa shape index (κ1) is 15.6. The lowest BCUT2D eigenvalue weighted by Crippen LogP contribution is -2.36. The van der Waals surface area contributed by atoms with E-state index in [-0.39, 0.29) is 12.3 Å². The van der Waals surface area contributed by atoms with Crippen molar-refractivity contribution in [3.05, 3.63) is 41.3 Å². The van der Waals surface area contributed by atoms with Gasteiger partial charge >= 0.3 is 0 Å². The van der Waals surface area contributed by atoms with Gasteiger partial charge in [0.2, 0.25) is 5.91 Å². The van der Waals surface area contributed by atoms with E-state index in [4.69, 9.17) is 9.26 Å². The SMILES string of the molecule is Cc1noc(C)c1CC(=O)Nc1ccc(N2CCOCC2)cc1. The number of ether oxygens (including phenoxy) is 1. The molecule has 0 bridgehead atoms.